The van der Waals surface area contributed by atoms with E-state index in [0.29, 0.717) is 22.5 Å². The van der Waals surface area contributed by atoms with E-state index >= 15 is 0 Å². The van der Waals surface area contributed by atoms with E-state index in [0.717, 1.165) is 6.07 Å². The third-order valence-corrected chi connectivity index (χ3v) is 3.69. The van der Waals surface area contributed by atoms with E-state index < -0.39 is 28.8 Å². The van der Waals surface area contributed by atoms with Crippen molar-refractivity contribution in [2.45, 2.75) is 6.92 Å². The summed E-state index contributed by atoms with van der Waals surface area (Å²) in [6, 6.07) is 4.46. The van der Waals surface area contributed by atoms with E-state index in [-0.39, 0.29) is 17.3 Å². The zero-order valence-corrected chi connectivity index (χ0v) is 12.4. The first-order chi connectivity index (χ1) is 11.3. The van der Waals surface area contributed by atoms with Crippen molar-refractivity contribution in [1.82, 2.24) is 9.97 Å². The molecule has 0 fully saturated rings. The molecule has 0 saturated carbocycles. The summed E-state index contributed by atoms with van der Waals surface area (Å²) in [4.78, 5) is 20.4. The van der Waals surface area contributed by atoms with Gasteiger partial charge in [-0.3, -0.25) is 4.79 Å². The molecule has 0 amide bonds. The quantitative estimate of drug-likeness (QED) is 0.556. The van der Waals surface area contributed by atoms with Gasteiger partial charge < -0.3 is 11.5 Å². The number of anilines is 2. The fourth-order valence-corrected chi connectivity index (χ4v) is 2.53. The molecule has 0 unspecified atom stereocenters. The molecular formula is C16H11F3N4O. The number of carbonyl (C=O) groups is 1. The van der Waals surface area contributed by atoms with Crippen molar-refractivity contribution in [3.05, 3.63) is 58.4 Å². The number of halogens is 3. The van der Waals surface area contributed by atoms with Crippen molar-refractivity contribution >= 4 is 28.5 Å². The first kappa shape index (κ1) is 15.7. The zero-order valence-electron chi connectivity index (χ0n) is 12.4. The van der Waals surface area contributed by atoms with Gasteiger partial charge in [0.25, 0.3) is 0 Å². The molecule has 0 spiro atoms. The predicted octanol–water partition coefficient (Wildman–Crippen LogP) is 2.75. The summed E-state index contributed by atoms with van der Waals surface area (Å²) in [5.41, 5.74) is 11.6. The number of nitrogens with zero attached hydrogens (tertiary/aromatic N) is 2. The largest absolute Gasteiger partial charge is 0.383 e. The molecule has 0 saturated heterocycles. The lowest BCUT2D eigenvalue weighted by molar-refractivity contribution is 0.103. The van der Waals surface area contributed by atoms with Crippen LogP contribution in [0.3, 0.4) is 0 Å². The number of hydrogen-bond donors (Lipinski definition) is 2. The third kappa shape index (κ3) is 2.32. The molecule has 0 bridgehead atoms. The van der Waals surface area contributed by atoms with Gasteiger partial charge in [-0.05, 0) is 36.8 Å². The molecule has 122 valence electrons. The normalized spacial score (nSPS) is 11.0. The van der Waals surface area contributed by atoms with Gasteiger partial charge in [0.15, 0.2) is 23.2 Å². The molecule has 0 aliphatic carbocycles. The lowest BCUT2D eigenvalue weighted by Gasteiger charge is -2.11. The molecule has 1 aromatic heterocycles. The maximum atomic E-state index is 13.9. The van der Waals surface area contributed by atoms with Crippen LogP contribution in [0, 0.1) is 24.4 Å². The Morgan fingerprint density at radius 3 is 2.33 bits per heavy atom. The topological polar surface area (TPSA) is 94.9 Å². The van der Waals surface area contributed by atoms with E-state index in [2.05, 4.69) is 9.97 Å². The van der Waals surface area contributed by atoms with Crippen LogP contribution in [0.4, 0.5) is 24.9 Å². The van der Waals surface area contributed by atoms with Crippen LogP contribution in [0.25, 0.3) is 10.9 Å². The van der Waals surface area contributed by atoms with Gasteiger partial charge in [0, 0.05) is 10.9 Å². The van der Waals surface area contributed by atoms with Crippen LogP contribution in [0.5, 0.6) is 0 Å². The first-order valence-electron chi connectivity index (χ1n) is 6.81. The molecule has 2 aromatic carbocycles. The van der Waals surface area contributed by atoms with E-state index in [1.165, 1.54) is 12.1 Å². The molecule has 8 heteroatoms. The molecule has 1 heterocycles. The van der Waals surface area contributed by atoms with Gasteiger partial charge in [-0.15, -0.1) is 0 Å². The van der Waals surface area contributed by atoms with Gasteiger partial charge >= 0.3 is 0 Å². The molecule has 0 aliphatic heterocycles. The maximum Gasteiger partial charge on any atom is 0.222 e. The van der Waals surface area contributed by atoms with Crippen LogP contribution in [0.1, 0.15) is 21.5 Å². The van der Waals surface area contributed by atoms with Crippen LogP contribution in [-0.4, -0.2) is 15.8 Å². The summed E-state index contributed by atoms with van der Waals surface area (Å²) in [6.45, 7) is 1.57. The highest BCUT2D eigenvalue weighted by molar-refractivity contribution is 6.13. The minimum atomic E-state index is -1.70. The second kappa shape index (κ2) is 5.48. The van der Waals surface area contributed by atoms with Gasteiger partial charge in [-0.1, -0.05) is 0 Å². The molecule has 3 aromatic rings. The summed E-state index contributed by atoms with van der Waals surface area (Å²) in [6.07, 6.45) is 0. The molecule has 4 N–H and O–H groups in total. The van der Waals surface area contributed by atoms with Crippen molar-refractivity contribution in [3.63, 3.8) is 0 Å². The summed E-state index contributed by atoms with van der Waals surface area (Å²) in [7, 11) is 0. The fourth-order valence-electron chi connectivity index (χ4n) is 2.53. The Labute approximate surface area is 134 Å². The fraction of sp³-hybridized carbons (Fsp3) is 0.0625. The number of rotatable bonds is 2. The van der Waals surface area contributed by atoms with Crippen molar-refractivity contribution in [3.8, 4) is 0 Å². The van der Waals surface area contributed by atoms with Gasteiger partial charge in [-0.25, -0.2) is 18.2 Å². The Morgan fingerprint density at radius 2 is 1.62 bits per heavy atom. The van der Waals surface area contributed by atoms with Gasteiger partial charge in [-0.2, -0.15) is 4.98 Å². The number of fused-ring (bicyclic) bond motifs is 1. The molecule has 3 rings (SSSR count). The smallest absolute Gasteiger partial charge is 0.222 e. The van der Waals surface area contributed by atoms with Crippen LogP contribution in [0.2, 0.25) is 0 Å². The van der Waals surface area contributed by atoms with Crippen LogP contribution in [-0.2, 0) is 0 Å². The number of aryl methyl sites for hydroxylation is 1. The van der Waals surface area contributed by atoms with Crippen LogP contribution >= 0.6 is 0 Å². The number of carbonyl (C=O) groups excluding carboxylic acids is 1. The summed E-state index contributed by atoms with van der Waals surface area (Å²) in [5, 5.41) is 0.387. The van der Waals surface area contributed by atoms with E-state index in [9.17, 15) is 18.0 Å². The highest BCUT2D eigenvalue weighted by Gasteiger charge is 2.22. The lowest BCUT2D eigenvalue weighted by atomic mass is 9.95. The molecule has 5 nitrogen and oxygen atoms in total. The first-order valence-corrected chi connectivity index (χ1v) is 6.81. The lowest BCUT2D eigenvalue weighted by Crippen LogP contribution is -2.10. The second-order valence-electron chi connectivity index (χ2n) is 5.15. The highest BCUT2D eigenvalue weighted by Crippen LogP contribution is 2.28. The van der Waals surface area contributed by atoms with Gasteiger partial charge in [0.05, 0.1) is 11.1 Å². The van der Waals surface area contributed by atoms with Crippen molar-refractivity contribution in [1.29, 1.82) is 0 Å². The number of aromatic nitrogens is 2. The Hall–Kier alpha value is -3.16. The van der Waals surface area contributed by atoms with E-state index in [1.54, 1.807) is 6.92 Å². The predicted molar refractivity (Wildman–Crippen MR) is 82.8 cm³/mol. The van der Waals surface area contributed by atoms with Crippen molar-refractivity contribution < 1.29 is 18.0 Å². The monoisotopic (exact) mass is 332 g/mol. The average Bonchev–Trinajstić information content (AvgIpc) is 2.52. The van der Waals surface area contributed by atoms with Crippen LogP contribution < -0.4 is 11.5 Å². The minimum Gasteiger partial charge on any atom is -0.383 e. The average molecular weight is 332 g/mol. The summed E-state index contributed by atoms with van der Waals surface area (Å²) < 4.78 is 40.3. The third-order valence-electron chi connectivity index (χ3n) is 3.69. The minimum absolute atomic E-state index is 0.0230. The number of ketones is 1. The Balaban J connectivity index is 2.22. The van der Waals surface area contributed by atoms with Crippen LogP contribution in [0.15, 0.2) is 24.3 Å². The number of hydrogen-bond acceptors (Lipinski definition) is 5. The standard InChI is InChI=1S/C16H11F3N4O/c1-6-7(3-5-10-11(6)15(20)23-16(21)22-10)14(24)8-2-4-9(17)13(19)12(8)18/h2-5H,1H3,(H4,20,21,22,23). The van der Waals surface area contributed by atoms with Gasteiger partial charge in [0.2, 0.25) is 5.95 Å². The molecular weight excluding hydrogens is 321 g/mol. The van der Waals surface area contributed by atoms with Crippen molar-refractivity contribution in [2.24, 2.45) is 0 Å². The Morgan fingerprint density at radius 1 is 0.958 bits per heavy atom. The molecule has 24 heavy (non-hydrogen) atoms. The molecule has 0 atom stereocenters. The highest BCUT2D eigenvalue weighted by atomic mass is 19.2. The van der Waals surface area contributed by atoms with Crippen molar-refractivity contribution in [2.75, 3.05) is 11.5 Å². The summed E-state index contributed by atoms with van der Waals surface area (Å²) in [5.74, 6) is -5.37. The molecule has 0 aliphatic rings. The zero-order chi connectivity index (χ0) is 17.6. The van der Waals surface area contributed by atoms with E-state index in [4.69, 9.17) is 11.5 Å². The Bertz CT molecular complexity index is 1000. The maximum absolute atomic E-state index is 13.9. The van der Waals surface area contributed by atoms with E-state index in [1.807, 2.05) is 0 Å². The number of benzene rings is 2. The van der Waals surface area contributed by atoms with Gasteiger partial charge in [0.1, 0.15) is 5.82 Å². The molecule has 0 radical (unpaired) electrons. The SMILES string of the molecule is Cc1c(C(=O)c2ccc(F)c(F)c2F)ccc2nc(N)nc(N)c12. The number of nitrogen functional groups attached to an aromatic ring is 2. The number of nitrogens with two attached hydrogens (primary N) is 2. The Kier molecular flexibility index (Phi) is 3.59. The second-order valence-corrected chi connectivity index (χ2v) is 5.15. The summed E-state index contributed by atoms with van der Waals surface area (Å²) >= 11 is 0.